The minimum Gasteiger partial charge on any atom is -0.377 e. The number of thiophene rings is 1. The number of aryl methyl sites for hydroxylation is 2. The van der Waals surface area contributed by atoms with Gasteiger partial charge in [-0.15, -0.1) is 11.3 Å². The van der Waals surface area contributed by atoms with Crippen molar-refractivity contribution in [1.29, 1.82) is 0 Å². The lowest BCUT2D eigenvalue weighted by Gasteiger charge is -2.23. The Morgan fingerprint density at radius 2 is 2.07 bits per heavy atom. The first-order valence-electron chi connectivity index (χ1n) is 5.26. The molecule has 0 spiro atoms. The summed E-state index contributed by atoms with van der Waals surface area (Å²) in [4.78, 5) is 2.80. The summed E-state index contributed by atoms with van der Waals surface area (Å²) in [5, 5.41) is 3.43. The van der Waals surface area contributed by atoms with Gasteiger partial charge in [0, 0.05) is 30.0 Å². The third-order valence-corrected chi connectivity index (χ3v) is 3.57. The Labute approximate surface area is 96.7 Å². The maximum absolute atomic E-state index is 5.35. The van der Waals surface area contributed by atoms with Crippen LogP contribution in [0.4, 0.5) is 0 Å². The molecule has 3 heteroatoms. The van der Waals surface area contributed by atoms with Crippen molar-refractivity contribution in [2.45, 2.75) is 39.8 Å². The highest BCUT2D eigenvalue weighted by atomic mass is 32.1. The Hall–Kier alpha value is -0.380. The summed E-state index contributed by atoms with van der Waals surface area (Å²) in [6.07, 6.45) is 0. The van der Waals surface area contributed by atoms with Crippen molar-refractivity contribution in [3.8, 4) is 0 Å². The van der Waals surface area contributed by atoms with Gasteiger partial charge < -0.3 is 10.1 Å². The third kappa shape index (κ3) is 3.93. The van der Waals surface area contributed by atoms with Crippen molar-refractivity contribution in [2.24, 2.45) is 0 Å². The van der Waals surface area contributed by atoms with E-state index >= 15 is 0 Å². The molecule has 0 atom stereocenters. The van der Waals surface area contributed by atoms with E-state index in [1.54, 1.807) is 7.11 Å². The van der Waals surface area contributed by atoms with Crippen LogP contribution < -0.4 is 5.32 Å². The van der Waals surface area contributed by atoms with Gasteiger partial charge in [-0.2, -0.15) is 0 Å². The quantitative estimate of drug-likeness (QED) is 0.835. The molecule has 0 saturated carbocycles. The zero-order chi connectivity index (χ0) is 11.5. The lowest BCUT2D eigenvalue weighted by Crippen LogP contribution is -2.36. The molecule has 0 aliphatic carbocycles. The van der Waals surface area contributed by atoms with Crippen molar-refractivity contribution < 1.29 is 4.74 Å². The molecule has 0 aliphatic rings. The highest BCUT2D eigenvalue weighted by Gasteiger charge is 2.15. The maximum atomic E-state index is 5.35. The predicted molar refractivity (Wildman–Crippen MR) is 66.6 cm³/mol. The molecule has 1 N–H and O–H groups in total. The summed E-state index contributed by atoms with van der Waals surface area (Å²) in [5.41, 5.74) is 1.32. The van der Waals surface area contributed by atoms with Crippen LogP contribution in [0.2, 0.25) is 0 Å². The van der Waals surface area contributed by atoms with Gasteiger partial charge in [-0.3, -0.25) is 0 Å². The van der Waals surface area contributed by atoms with Crippen molar-refractivity contribution in [3.63, 3.8) is 0 Å². The zero-order valence-corrected chi connectivity index (χ0v) is 11.1. The largest absolute Gasteiger partial charge is 0.377 e. The number of nitrogens with one attached hydrogen (secondary N) is 1. The number of rotatable bonds is 5. The molecule has 0 radical (unpaired) electrons. The van der Waals surface area contributed by atoms with Gasteiger partial charge in [0.15, 0.2) is 0 Å². The molecule has 1 aromatic rings. The summed E-state index contributed by atoms with van der Waals surface area (Å²) >= 11 is 1.86. The lowest BCUT2D eigenvalue weighted by molar-refractivity contribution is 0.0230. The van der Waals surface area contributed by atoms with Crippen LogP contribution in [-0.2, 0) is 11.3 Å². The van der Waals surface area contributed by atoms with Gasteiger partial charge >= 0.3 is 0 Å². The van der Waals surface area contributed by atoms with E-state index in [2.05, 4.69) is 39.1 Å². The number of hydrogen-bond acceptors (Lipinski definition) is 3. The molecule has 0 aromatic carbocycles. The zero-order valence-electron chi connectivity index (χ0n) is 10.3. The van der Waals surface area contributed by atoms with E-state index in [-0.39, 0.29) is 5.60 Å². The molecular formula is C12H21NOS. The second kappa shape index (κ2) is 5.10. The number of ether oxygens (including phenoxy) is 1. The molecule has 86 valence electrons. The number of methoxy groups -OCH3 is 1. The van der Waals surface area contributed by atoms with E-state index in [0.29, 0.717) is 0 Å². The van der Waals surface area contributed by atoms with E-state index in [1.807, 2.05) is 11.3 Å². The summed E-state index contributed by atoms with van der Waals surface area (Å²) in [6, 6.07) is 2.26. The van der Waals surface area contributed by atoms with Gasteiger partial charge in [0.2, 0.25) is 0 Å². The van der Waals surface area contributed by atoms with Crippen molar-refractivity contribution in [2.75, 3.05) is 13.7 Å². The van der Waals surface area contributed by atoms with Crippen LogP contribution >= 0.6 is 11.3 Å². The van der Waals surface area contributed by atoms with Crippen LogP contribution in [0.15, 0.2) is 6.07 Å². The van der Waals surface area contributed by atoms with Crippen LogP contribution in [0.5, 0.6) is 0 Å². The predicted octanol–water partition coefficient (Wildman–Crippen LogP) is 2.88. The van der Waals surface area contributed by atoms with E-state index < -0.39 is 0 Å². The van der Waals surface area contributed by atoms with Crippen molar-refractivity contribution in [1.82, 2.24) is 5.32 Å². The second-order valence-electron chi connectivity index (χ2n) is 4.51. The van der Waals surface area contributed by atoms with Gasteiger partial charge in [0.1, 0.15) is 0 Å². The van der Waals surface area contributed by atoms with Gasteiger partial charge in [0.05, 0.1) is 5.60 Å². The van der Waals surface area contributed by atoms with Crippen LogP contribution in [0.1, 0.15) is 29.2 Å². The molecular weight excluding hydrogens is 206 g/mol. The Balaban J connectivity index is 2.41. The highest BCUT2D eigenvalue weighted by molar-refractivity contribution is 7.12. The number of hydrogen-bond donors (Lipinski definition) is 1. The van der Waals surface area contributed by atoms with Gasteiger partial charge in [-0.05, 0) is 39.3 Å². The fourth-order valence-electron chi connectivity index (χ4n) is 1.43. The minimum atomic E-state index is -0.0844. The van der Waals surface area contributed by atoms with Crippen molar-refractivity contribution in [3.05, 3.63) is 21.4 Å². The third-order valence-electron chi connectivity index (χ3n) is 2.56. The average molecular weight is 227 g/mol. The van der Waals surface area contributed by atoms with Gasteiger partial charge in [-0.25, -0.2) is 0 Å². The van der Waals surface area contributed by atoms with E-state index in [0.717, 1.165) is 13.1 Å². The molecule has 0 fully saturated rings. The Bertz CT molecular complexity index is 317. The highest BCUT2D eigenvalue weighted by Crippen LogP contribution is 2.20. The van der Waals surface area contributed by atoms with E-state index in [1.165, 1.54) is 15.3 Å². The fraction of sp³-hybridized carbons (Fsp3) is 0.667. The standard InChI is InChI=1S/C12H21NOS/c1-9-6-11(10(2)15-9)7-13-8-12(3,4)14-5/h6,13H,7-8H2,1-5H3. The first-order chi connectivity index (χ1) is 6.94. The van der Waals surface area contributed by atoms with Crippen LogP contribution in [-0.4, -0.2) is 19.3 Å². The Kier molecular flexibility index (Phi) is 4.32. The first-order valence-corrected chi connectivity index (χ1v) is 6.08. The summed E-state index contributed by atoms with van der Waals surface area (Å²) in [6.45, 7) is 10.3. The summed E-state index contributed by atoms with van der Waals surface area (Å²) < 4.78 is 5.35. The molecule has 0 saturated heterocycles. The smallest absolute Gasteiger partial charge is 0.0746 e. The van der Waals surface area contributed by atoms with Crippen LogP contribution in [0.3, 0.4) is 0 Å². The molecule has 15 heavy (non-hydrogen) atoms. The van der Waals surface area contributed by atoms with Crippen LogP contribution in [0, 0.1) is 13.8 Å². The molecule has 0 bridgehead atoms. The van der Waals surface area contributed by atoms with Gasteiger partial charge in [-0.1, -0.05) is 0 Å². The lowest BCUT2D eigenvalue weighted by atomic mass is 10.1. The van der Waals surface area contributed by atoms with E-state index in [4.69, 9.17) is 4.74 Å². The summed E-state index contributed by atoms with van der Waals surface area (Å²) in [5.74, 6) is 0. The Morgan fingerprint density at radius 1 is 1.40 bits per heavy atom. The topological polar surface area (TPSA) is 21.3 Å². The van der Waals surface area contributed by atoms with Crippen LogP contribution in [0.25, 0.3) is 0 Å². The van der Waals surface area contributed by atoms with E-state index in [9.17, 15) is 0 Å². The molecule has 0 amide bonds. The molecule has 1 aromatic heterocycles. The maximum Gasteiger partial charge on any atom is 0.0746 e. The monoisotopic (exact) mass is 227 g/mol. The van der Waals surface area contributed by atoms with Gasteiger partial charge in [0.25, 0.3) is 0 Å². The molecule has 0 unspecified atom stereocenters. The average Bonchev–Trinajstić information content (AvgIpc) is 2.45. The normalized spacial score (nSPS) is 12.1. The SMILES string of the molecule is COC(C)(C)CNCc1cc(C)sc1C. The summed E-state index contributed by atoms with van der Waals surface area (Å²) in [7, 11) is 1.75. The molecule has 2 nitrogen and oxygen atoms in total. The first kappa shape index (κ1) is 12.7. The van der Waals surface area contributed by atoms with Crippen molar-refractivity contribution >= 4 is 11.3 Å². The molecule has 1 heterocycles. The fourth-order valence-corrected chi connectivity index (χ4v) is 2.38. The molecule has 0 aliphatic heterocycles. The Morgan fingerprint density at radius 3 is 2.53 bits per heavy atom. The second-order valence-corrected chi connectivity index (χ2v) is 5.97. The minimum absolute atomic E-state index is 0.0844. The molecule has 1 rings (SSSR count).